The first-order valence-electron chi connectivity index (χ1n) is 23.0. The van der Waals surface area contributed by atoms with Crippen LogP contribution in [-0.4, -0.2) is 165 Å². The third-order valence-electron chi connectivity index (χ3n) is 13.8. The Morgan fingerprint density at radius 1 is 0.450 bits per heavy atom. The lowest BCUT2D eigenvalue weighted by molar-refractivity contribution is 0.0351. The molecule has 9 rings (SSSR count). The van der Waals surface area contributed by atoms with Gasteiger partial charge in [0.25, 0.3) is 23.6 Å². The highest BCUT2D eigenvalue weighted by molar-refractivity contribution is 6.35. The molecule has 0 aliphatic carbocycles. The molecule has 0 atom stereocenters. The Balaban J connectivity index is 1.12. The van der Waals surface area contributed by atoms with Crippen LogP contribution in [0.1, 0.15) is 110 Å². The van der Waals surface area contributed by atoms with Crippen molar-refractivity contribution >= 4 is 34.4 Å². The summed E-state index contributed by atoms with van der Waals surface area (Å²) >= 11 is 0. The maximum Gasteiger partial charge on any atom is 0.262 e. The van der Waals surface area contributed by atoms with E-state index in [4.69, 9.17) is 9.47 Å². The van der Waals surface area contributed by atoms with Crippen LogP contribution in [0.25, 0.3) is 21.9 Å². The molecular weight excluding hydrogens is 757 g/mol. The van der Waals surface area contributed by atoms with Gasteiger partial charge in [-0.2, -0.15) is 0 Å². The second-order valence-electron chi connectivity index (χ2n) is 17.7. The number of aryl methyl sites for hydroxylation is 1. The Hall–Kier alpha value is -4.04. The van der Waals surface area contributed by atoms with E-state index in [1.54, 1.807) is 0 Å². The maximum atomic E-state index is 15.0. The van der Waals surface area contributed by atoms with Crippen molar-refractivity contribution < 1.29 is 28.7 Å². The fourth-order valence-corrected chi connectivity index (χ4v) is 10.5. The van der Waals surface area contributed by atoms with E-state index in [1.807, 2.05) is 12.1 Å². The van der Waals surface area contributed by atoms with Gasteiger partial charge in [0.1, 0.15) is 0 Å². The number of imide groups is 2. The lowest BCUT2D eigenvalue weighted by Gasteiger charge is -2.35. The van der Waals surface area contributed by atoms with Gasteiger partial charge in [-0.1, -0.05) is 37.1 Å². The Labute approximate surface area is 354 Å². The number of hydrogen-bond donors (Lipinski definition) is 0. The topological polar surface area (TPSA) is 106 Å². The molecule has 0 saturated carbocycles. The molecule has 6 aliphatic heterocycles. The van der Waals surface area contributed by atoms with Crippen LogP contribution in [0.5, 0.6) is 0 Å². The summed E-state index contributed by atoms with van der Waals surface area (Å²) in [5.41, 5.74) is 5.19. The first kappa shape index (κ1) is 41.3. The first-order valence-corrected chi connectivity index (χ1v) is 23.0. The first-order chi connectivity index (χ1) is 29.4. The number of likely N-dealkylation sites (tertiary alicyclic amines) is 2. The second-order valence-corrected chi connectivity index (χ2v) is 17.7. The fourth-order valence-electron chi connectivity index (χ4n) is 10.5. The standard InChI is InChI=1S/C48H62N6O6/c55-45-39-32-37(10-7-19-49-15-5-6-16-49)41-42-40(46(56)53(47(41)57)22-8-20-50-24-28-59-29-25-50)33-38(36-13-11-35(12-14-36)34-52-17-3-1-2-4-18-52)44(43(39)42)48(58)54(45)23-9-21-51-26-30-60-31-27-51/h11-14,32-33H,1-10,15-31,34H2. The van der Waals surface area contributed by atoms with Crippen LogP contribution in [0.4, 0.5) is 0 Å². The molecule has 12 nitrogen and oxygen atoms in total. The van der Waals surface area contributed by atoms with Gasteiger partial charge in [0.2, 0.25) is 0 Å². The van der Waals surface area contributed by atoms with Gasteiger partial charge in [0.15, 0.2) is 0 Å². The van der Waals surface area contributed by atoms with Crippen molar-refractivity contribution in [3.63, 3.8) is 0 Å². The number of benzene rings is 3. The third-order valence-corrected chi connectivity index (χ3v) is 13.8. The third kappa shape index (κ3) is 8.69. The summed E-state index contributed by atoms with van der Waals surface area (Å²) in [6.45, 7) is 14.3. The number of rotatable bonds is 15. The summed E-state index contributed by atoms with van der Waals surface area (Å²) in [6.07, 6.45) is 10.1. The number of nitrogens with zero attached hydrogens (tertiary/aromatic N) is 6. The fraction of sp³-hybridized carbons (Fsp3) is 0.583. The second kappa shape index (κ2) is 18.9. The van der Waals surface area contributed by atoms with Crippen LogP contribution in [0.15, 0.2) is 36.4 Å². The van der Waals surface area contributed by atoms with Gasteiger partial charge < -0.3 is 14.4 Å². The van der Waals surface area contributed by atoms with Crippen LogP contribution < -0.4 is 0 Å². The summed E-state index contributed by atoms with van der Waals surface area (Å²) in [5.74, 6) is -1.37. The SMILES string of the molecule is O=C1c2cc(-c3ccc(CN4CCCCCC4)cc3)c3c4c(cc(CCCN5CCCC5)c(c24)C(=O)N1CCCN1CCOCC1)C(=O)N(CCCN1CCOCC1)C3=O. The Morgan fingerprint density at radius 3 is 1.53 bits per heavy atom. The van der Waals surface area contributed by atoms with Gasteiger partial charge in [-0.3, -0.25) is 43.7 Å². The van der Waals surface area contributed by atoms with E-state index in [9.17, 15) is 19.2 Å². The monoisotopic (exact) mass is 818 g/mol. The minimum atomic E-state index is -0.356. The highest BCUT2D eigenvalue weighted by Crippen LogP contribution is 2.44. The number of carbonyl (C=O) groups is 4. The van der Waals surface area contributed by atoms with Crippen LogP contribution in [0, 0.1) is 0 Å². The zero-order valence-electron chi connectivity index (χ0n) is 35.4. The molecule has 4 fully saturated rings. The molecule has 6 aliphatic rings. The predicted molar refractivity (Wildman–Crippen MR) is 232 cm³/mol. The molecule has 6 heterocycles. The molecule has 3 aromatic rings. The predicted octanol–water partition coefficient (Wildman–Crippen LogP) is 5.55. The zero-order valence-corrected chi connectivity index (χ0v) is 35.4. The number of amides is 4. The lowest BCUT2D eigenvalue weighted by Crippen LogP contribution is -2.46. The van der Waals surface area contributed by atoms with Crippen LogP contribution in [0.2, 0.25) is 0 Å². The van der Waals surface area contributed by atoms with E-state index in [2.05, 4.69) is 43.9 Å². The molecule has 3 aromatic carbocycles. The van der Waals surface area contributed by atoms with Gasteiger partial charge >= 0.3 is 0 Å². The smallest absolute Gasteiger partial charge is 0.262 e. The summed E-state index contributed by atoms with van der Waals surface area (Å²) in [5, 5.41) is 0.942. The molecule has 60 heavy (non-hydrogen) atoms. The van der Waals surface area contributed by atoms with E-state index in [1.165, 1.54) is 53.9 Å². The molecule has 4 amide bonds. The average Bonchev–Trinajstić information content (AvgIpc) is 3.67. The Kier molecular flexibility index (Phi) is 13.0. The number of morpholine rings is 2. The van der Waals surface area contributed by atoms with E-state index >= 15 is 0 Å². The largest absolute Gasteiger partial charge is 0.379 e. The molecule has 320 valence electrons. The number of carbonyl (C=O) groups excluding carboxylic acids is 4. The Bertz CT molecular complexity index is 2060. The number of hydrogen-bond acceptors (Lipinski definition) is 10. The van der Waals surface area contributed by atoms with Crippen molar-refractivity contribution in [3.05, 3.63) is 69.8 Å². The molecule has 0 bridgehead atoms. The van der Waals surface area contributed by atoms with E-state index in [-0.39, 0.29) is 30.2 Å². The average molecular weight is 819 g/mol. The zero-order chi connectivity index (χ0) is 41.0. The molecule has 0 aromatic heterocycles. The summed E-state index contributed by atoms with van der Waals surface area (Å²) in [4.78, 5) is 71.8. The van der Waals surface area contributed by atoms with Gasteiger partial charge in [-0.25, -0.2) is 0 Å². The van der Waals surface area contributed by atoms with Crippen molar-refractivity contribution in [3.8, 4) is 11.1 Å². The summed E-state index contributed by atoms with van der Waals surface area (Å²) in [6, 6.07) is 12.2. The van der Waals surface area contributed by atoms with Gasteiger partial charge in [-0.05, 0) is 118 Å². The van der Waals surface area contributed by atoms with Gasteiger partial charge in [0.05, 0.1) is 37.6 Å². The van der Waals surface area contributed by atoms with Crippen molar-refractivity contribution in [1.29, 1.82) is 0 Å². The van der Waals surface area contributed by atoms with Gasteiger partial charge in [-0.15, -0.1) is 0 Å². The molecule has 0 spiro atoms. The number of ether oxygens (including phenoxy) is 2. The summed E-state index contributed by atoms with van der Waals surface area (Å²) in [7, 11) is 0. The van der Waals surface area contributed by atoms with Crippen LogP contribution in [0.3, 0.4) is 0 Å². The van der Waals surface area contributed by atoms with E-state index in [0.29, 0.717) is 90.8 Å². The molecule has 0 radical (unpaired) electrons. The van der Waals surface area contributed by atoms with Crippen molar-refractivity contribution in [2.45, 2.75) is 70.8 Å². The van der Waals surface area contributed by atoms with Crippen LogP contribution >= 0.6 is 0 Å². The minimum absolute atomic E-state index is 0.284. The van der Waals surface area contributed by atoms with Crippen molar-refractivity contribution in [2.75, 3.05) is 112 Å². The Morgan fingerprint density at radius 2 is 0.933 bits per heavy atom. The van der Waals surface area contributed by atoms with E-state index in [0.717, 1.165) is 96.1 Å². The summed E-state index contributed by atoms with van der Waals surface area (Å²) < 4.78 is 11.1. The molecule has 0 N–H and O–H groups in total. The quantitative estimate of drug-likeness (QED) is 0.182. The van der Waals surface area contributed by atoms with Crippen molar-refractivity contribution in [2.24, 2.45) is 0 Å². The molecular formula is C48H62N6O6. The highest BCUT2D eigenvalue weighted by atomic mass is 16.5. The maximum absolute atomic E-state index is 15.0. The van der Waals surface area contributed by atoms with E-state index < -0.39 is 0 Å². The molecule has 12 heteroatoms. The molecule has 0 unspecified atom stereocenters. The highest BCUT2D eigenvalue weighted by Gasteiger charge is 2.42. The normalized spacial score (nSPS) is 21.1. The van der Waals surface area contributed by atoms with Gasteiger partial charge in [0, 0.05) is 80.8 Å². The lowest BCUT2D eigenvalue weighted by atomic mass is 9.79. The minimum Gasteiger partial charge on any atom is -0.379 e. The molecule has 4 saturated heterocycles. The van der Waals surface area contributed by atoms with Crippen LogP contribution in [-0.2, 0) is 22.4 Å². The van der Waals surface area contributed by atoms with Crippen molar-refractivity contribution in [1.82, 2.24) is 29.4 Å².